The first-order chi connectivity index (χ1) is 7.65. The molecule has 0 aliphatic rings. The Morgan fingerprint density at radius 3 is 2.81 bits per heavy atom. The van der Waals surface area contributed by atoms with E-state index in [4.69, 9.17) is 5.26 Å². The van der Waals surface area contributed by atoms with Crippen LogP contribution in [0.2, 0.25) is 0 Å². The third kappa shape index (κ3) is 4.34. The zero-order valence-electron chi connectivity index (χ0n) is 10.3. The molecule has 0 spiro atoms. The molecule has 2 unspecified atom stereocenters. The Morgan fingerprint density at radius 1 is 1.50 bits per heavy atom. The maximum atomic E-state index is 8.72. The van der Waals surface area contributed by atoms with E-state index in [9.17, 15) is 0 Å². The van der Waals surface area contributed by atoms with Crippen LogP contribution in [0.15, 0.2) is 11.4 Å². The van der Waals surface area contributed by atoms with E-state index in [0.29, 0.717) is 6.04 Å². The molecule has 0 bridgehead atoms. The van der Waals surface area contributed by atoms with Crippen molar-refractivity contribution in [2.45, 2.75) is 46.2 Å². The Morgan fingerprint density at radius 2 is 2.25 bits per heavy atom. The van der Waals surface area contributed by atoms with E-state index >= 15 is 0 Å². The van der Waals surface area contributed by atoms with Crippen molar-refractivity contribution in [2.75, 3.05) is 0 Å². The number of nitrogens with one attached hydrogen (secondary N) is 1. The highest BCUT2D eigenvalue weighted by Gasteiger charge is 2.07. The molecule has 0 aliphatic heterocycles. The van der Waals surface area contributed by atoms with Gasteiger partial charge in [-0.1, -0.05) is 20.3 Å². The van der Waals surface area contributed by atoms with Crippen LogP contribution in [0.1, 0.15) is 44.1 Å². The molecule has 88 valence electrons. The second-order valence-corrected chi connectivity index (χ2v) is 5.44. The van der Waals surface area contributed by atoms with Crippen molar-refractivity contribution >= 4 is 11.3 Å². The van der Waals surface area contributed by atoms with Gasteiger partial charge in [-0.05, 0) is 25.3 Å². The summed E-state index contributed by atoms with van der Waals surface area (Å²) in [5.74, 6) is 0.778. The van der Waals surface area contributed by atoms with Gasteiger partial charge in [0.05, 0.1) is 5.56 Å². The van der Waals surface area contributed by atoms with Gasteiger partial charge in [-0.2, -0.15) is 5.26 Å². The molecule has 0 fully saturated rings. The third-order valence-corrected chi connectivity index (χ3v) is 3.80. The third-order valence-electron chi connectivity index (χ3n) is 2.86. The van der Waals surface area contributed by atoms with Crippen LogP contribution >= 0.6 is 11.3 Å². The number of hydrogen-bond acceptors (Lipinski definition) is 3. The largest absolute Gasteiger partial charge is 0.309 e. The normalized spacial score (nSPS) is 14.4. The molecule has 1 N–H and O–H groups in total. The summed E-state index contributed by atoms with van der Waals surface area (Å²) in [6.07, 6.45) is 2.45. The second-order valence-electron chi connectivity index (χ2n) is 4.44. The number of nitriles is 1. The van der Waals surface area contributed by atoms with Gasteiger partial charge in [0.15, 0.2) is 0 Å². The van der Waals surface area contributed by atoms with E-state index in [1.54, 1.807) is 11.3 Å². The summed E-state index contributed by atoms with van der Waals surface area (Å²) in [5, 5.41) is 14.1. The summed E-state index contributed by atoms with van der Waals surface area (Å²) in [6, 6.07) is 4.67. The van der Waals surface area contributed by atoms with Gasteiger partial charge in [-0.3, -0.25) is 0 Å². The van der Waals surface area contributed by atoms with E-state index in [1.807, 2.05) is 11.4 Å². The molecule has 0 saturated heterocycles. The SMILES string of the molecule is CCC(C)CC(C)NCc1cc(C#N)cs1. The van der Waals surface area contributed by atoms with Crippen molar-refractivity contribution in [1.82, 2.24) is 5.32 Å². The molecular weight excluding hydrogens is 216 g/mol. The average molecular weight is 236 g/mol. The highest BCUT2D eigenvalue weighted by Crippen LogP contribution is 2.15. The molecule has 0 aliphatic carbocycles. The molecule has 0 amide bonds. The minimum atomic E-state index is 0.544. The topological polar surface area (TPSA) is 35.8 Å². The fourth-order valence-electron chi connectivity index (χ4n) is 1.66. The van der Waals surface area contributed by atoms with Crippen LogP contribution in [0, 0.1) is 17.2 Å². The number of hydrogen-bond donors (Lipinski definition) is 1. The minimum Gasteiger partial charge on any atom is -0.309 e. The van der Waals surface area contributed by atoms with E-state index in [2.05, 4.69) is 32.2 Å². The molecule has 0 aromatic carbocycles. The number of nitrogens with zero attached hydrogens (tertiary/aromatic N) is 1. The van der Waals surface area contributed by atoms with Crippen molar-refractivity contribution in [1.29, 1.82) is 5.26 Å². The van der Waals surface area contributed by atoms with Crippen LogP contribution < -0.4 is 5.32 Å². The van der Waals surface area contributed by atoms with Gasteiger partial charge in [0.2, 0.25) is 0 Å². The van der Waals surface area contributed by atoms with Gasteiger partial charge in [0.1, 0.15) is 6.07 Å². The lowest BCUT2D eigenvalue weighted by atomic mass is 10.0. The van der Waals surface area contributed by atoms with Crippen molar-refractivity contribution in [3.05, 3.63) is 21.9 Å². The fraction of sp³-hybridized carbons (Fsp3) is 0.615. The molecule has 0 radical (unpaired) electrons. The van der Waals surface area contributed by atoms with Crippen LogP contribution in [0.25, 0.3) is 0 Å². The lowest BCUT2D eigenvalue weighted by molar-refractivity contribution is 0.413. The predicted octanol–water partition coefficient (Wildman–Crippen LogP) is 3.53. The van der Waals surface area contributed by atoms with Gasteiger partial charge >= 0.3 is 0 Å². The van der Waals surface area contributed by atoms with Gasteiger partial charge in [-0.25, -0.2) is 0 Å². The van der Waals surface area contributed by atoms with Gasteiger partial charge < -0.3 is 5.32 Å². The van der Waals surface area contributed by atoms with Crippen LogP contribution in [0.3, 0.4) is 0 Å². The standard InChI is InChI=1S/C13H20N2S/c1-4-10(2)5-11(3)15-8-13-6-12(7-14)9-16-13/h6,9-11,15H,4-5,8H2,1-3H3. The van der Waals surface area contributed by atoms with E-state index < -0.39 is 0 Å². The van der Waals surface area contributed by atoms with E-state index in [-0.39, 0.29) is 0 Å². The Bertz CT molecular complexity index is 351. The Hall–Kier alpha value is -0.850. The monoisotopic (exact) mass is 236 g/mol. The summed E-state index contributed by atoms with van der Waals surface area (Å²) in [5.41, 5.74) is 0.774. The molecule has 0 saturated carbocycles. The number of rotatable bonds is 6. The molecule has 2 nitrogen and oxygen atoms in total. The smallest absolute Gasteiger partial charge is 0.100 e. The van der Waals surface area contributed by atoms with Crippen molar-refractivity contribution < 1.29 is 0 Å². The summed E-state index contributed by atoms with van der Waals surface area (Å²) >= 11 is 1.66. The Balaban J connectivity index is 2.31. The molecule has 1 aromatic rings. The second kappa shape index (κ2) is 6.67. The lowest BCUT2D eigenvalue weighted by Gasteiger charge is -2.16. The molecule has 1 heterocycles. The highest BCUT2D eigenvalue weighted by molar-refractivity contribution is 7.10. The summed E-state index contributed by atoms with van der Waals surface area (Å²) in [4.78, 5) is 1.24. The molecular formula is C13H20N2S. The maximum Gasteiger partial charge on any atom is 0.100 e. The quantitative estimate of drug-likeness (QED) is 0.820. The zero-order chi connectivity index (χ0) is 12.0. The van der Waals surface area contributed by atoms with E-state index in [0.717, 1.165) is 18.0 Å². The average Bonchev–Trinajstić information content (AvgIpc) is 2.74. The van der Waals surface area contributed by atoms with Crippen LogP contribution in [0.5, 0.6) is 0 Å². The van der Waals surface area contributed by atoms with Crippen LogP contribution in [0.4, 0.5) is 0 Å². The molecule has 1 aromatic heterocycles. The van der Waals surface area contributed by atoms with Crippen LogP contribution in [-0.4, -0.2) is 6.04 Å². The first-order valence-corrected chi connectivity index (χ1v) is 6.74. The highest BCUT2D eigenvalue weighted by atomic mass is 32.1. The maximum absolute atomic E-state index is 8.72. The molecule has 16 heavy (non-hydrogen) atoms. The van der Waals surface area contributed by atoms with Crippen molar-refractivity contribution in [3.63, 3.8) is 0 Å². The molecule has 3 heteroatoms. The van der Waals surface area contributed by atoms with E-state index in [1.165, 1.54) is 17.7 Å². The van der Waals surface area contributed by atoms with Gasteiger partial charge in [0.25, 0.3) is 0 Å². The number of thiophene rings is 1. The lowest BCUT2D eigenvalue weighted by Crippen LogP contribution is -2.26. The summed E-state index contributed by atoms with van der Waals surface area (Å²) < 4.78 is 0. The van der Waals surface area contributed by atoms with Gasteiger partial charge in [-0.15, -0.1) is 11.3 Å². The zero-order valence-corrected chi connectivity index (χ0v) is 11.1. The van der Waals surface area contributed by atoms with Crippen molar-refractivity contribution in [2.24, 2.45) is 5.92 Å². The first-order valence-electron chi connectivity index (χ1n) is 5.86. The molecule has 1 rings (SSSR count). The van der Waals surface area contributed by atoms with Crippen molar-refractivity contribution in [3.8, 4) is 6.07 Å². The first kappa shape index (κ1) is 13.2. The Labute approximate surface area is 102 Å². The van der Waals surface area contributed by atoms with Gasteiger partial charge in [0, 0.05) is 22.8 Å². The summed E-state index contributed by atoms with van der Waals surface area (Å²) in [7, 11) is 0. The fourth-order valence-corrected chi connectivity index (χ4v) is 2.42. The predicted molar refractivity (Wildman–Crippen MR) is 69.4 cm³/mol. The van der Waals surface area contributed by atoms with Crippen LogP contribution in [-0.2, 0) is 6.54 Å². The minimum absolute atomic E-state index is 0.544. The summed E-state index contributed by atoms with van der Waals surface area (Å²) in [6.45, 7) is 7.63. The Kier molecular flexibility index (Phi) is 5.51. The molecule has 2 atom stereocenters.